The van der Waals surface area contributed by atoms with E-state index in [1.54, 1.807) is 6.07 Å². The molecule has 6 nitrogen and oxygen atoms in total. The van der Waals surface area contributed by atoms with Gasteiger partial charge < -0.3 is 25.4 Å². The highest BCUT2D eigenvalue weighted by molar-refractivity contribution is 5.75. The van der Waals surface area contributed by atoms with Gasteiger partial charge in [0.05, 0.1) is 0 Å². The van der Waals surface area contributed by atoms with Crippen molar-refractivity contribution in [3.63, 3.8) is 0 Å². The molecule has 0 aromatic heterocycles. The van der Waals surface area contributed by atoms with Crippen LogP contribution in [0.5, 0.6) is 17.2 Å². The minimum absolute atomic E-state index is 0.0965. The van der Waals surface area contributed by atoms with Crippen LogP contribution in [0.25, 0.3) is 0 Å². The van der Waals surface area contributed by atoms with E-state index in [1.807, 2.05) is 24.3 Å². The molecule has 26 heavy (non-hydrogen) atoms. The number of rotatable bonds is 8. The van der Waals surface area contributed by atoms with E-state index in [1.165, 1.54) is 17.7 Å². The van der Waals surface area contributed by atoms with Gasteiger partial charge in [-0.15, -0.1) is 0 Å². The van der Waals surface area contributed by atoms with Crippen LogP contribution in [0.3, 0.4) is 0 Å². The molecule has 0 fully saturated rings. The Bertz CT molecular complexity index is 727. The third kappa shape index (κ3) is 5.67. The van der Waals surface area contributed by atoms with Crippen molar-refractivity contribution in [1.82, 2.24) is 0 Å². The van der Waals surface area contributed by atoms with E-state index < -0.39 is 12.0 Å². The van der Waals surface area contributed by atoms with Gasteiger partial charge >= 0.3 is 5.97 Å². The van der Waals surface area contributed by atoms with Gasteiger partial charge in [0.2, 0.25) is 0 Å². The molecule has 2 rings (SSSR count). The number of carbonyl (C=O) groups excluding carboxylic acids is 1. The van der Waals surface area contributed by atoms with E-state index in [-0.39, 0.29) is 31.1 Å². The van der Waals surface area contributed by atoms with E-state index in [4.69, 9.17) is 15.2 Å². The van der Waals surface area contributed by atoms with Gasteiger partial charge in [-0.05, 0) is 47.7 Å². The molecule has 0 radical (unpaired) electrons. The molecule has 2 aromatic carbocycles. The highest BCUT2D eigenvalue weighted by Crippen LogP contribution is 2.25. The summed E-state index contributed by atoms with van der Waals surface area (Å²) in [4.78, 5) is 11.9. The second-order valence-electron chi connectivity index (χ2n) is 6.37. The average molecular weight is 359 g/mol. The first-order chi connectivity index (χ1) is 12.4. The number of aromatic hydroxyl groups is 2. The van der Waals surface area contributed by atoms with Crippen LogP contribution < -0.4 is 10.5 Å². The summed E-state index contributed by atoms with van der Waals surface area (Å²) < 4.78 is 10.7. The number of nitrogens with two attached hydrogens (primary N) is 1. The molecule has 0 heterocycles. The number of ether oxygens (including phenoxy) is 2. The number of phenols is 2. The Hall–Kier alpha value is -2.73. The normalized spacial score (nSPS) is 12.0. The van der Waals surface area contributed by atoms with Crippen molar-refractivity contribution in [3.8, 4) is 17.2 Å². The highest BCUT2D eigenvalue weighted by atomic mass is 16.6. The summed E-state index contributed by atoms with van der Waals surface area (Å²) in [6.45, 7) is 4.58. The van der Waals surface area contributed by atoms with Crippen LogP contribution in [-0.2, 0) is 16.0 Å². The maximum absolute atomic E-state index is 11.9. The van der Waals surface area contributed by atoms with Crippen molar-refractivity contribution in [2.75, 3.05) is 13.2 Å². The minimum atomic E-state index is -0.857. The molecule has 6 heteroatoms. The first-order valence-electron chi connectivity index (χ1n) is 8.52. The molecule has 0 aliphatic heterocycles. The molecule has 2 aromatic rings. The molecule has 0 bridgehead atoms. The maximum atomic E-state index is 11.9. The lowest BCUT2D eigenvalue weighted by molar-refractivity contribution is -0.145. The smallest absolute Gasteiger partial charge is 0.323 e. The molecule has 0 amide bonds. The molecule has 1 atom stereocenters. The fourth-order valence-electron chi connectivity index (χ4n) is 2.39. The molecule has 4 N–H and O–H groups in total. The number of carbonyl (C=O) groups is 1. The molecule has 0 aliphatic carbocycles. The number of hydrogen-bond acceptors (Lipinski definition) is 6. The maximum Gasteiger partial charge on any atom is 0.323 e. The first-order valence-corrected chi connectivity index (χ1v) is 8.52. The average Bonchev–Trinajstić information content (AvgIpc) is 2.62. The van der Waals surface area contributed by atoms with Gasteiger partial charge in [-0.2, -0.15) is 0 Å². The standard InChI is InChI=1S/C20H25NO5/c1-13(2)15-4-6-16(7-5-15)25-9-10-26-20(24)17(21)11-14-3-8-18(22)19(23)12-14/h3-8,12-13,17,22-23H,9-11,21H2,1-2H3/t17-/m0/s1. The Kier molecular flexibility index (Phi) is 6.86. The quantitative estimate of drug-likeness (QED) is 0.380. The van der Waals surface area contributed by atoms with Crippen molar-refractivity contribution in [1.29, 1.82) is 0 Å². The van der Waals surface area contributed by atoms with Crippen molar-refractivity contribution in [2.45, 2.75) is 32.2 Å². The van der Waals surface area contributed by atoms with Gasteiger partial charge in [-0.3, -0.25) is 4.79 Å². The number of benzene rings is 2. The molecule has 140 valence electrons. The lowest BCUT2D eigenvalue weighted by atomic mass is 10.0. The molecule has 0 saturated heterocycles. The minimum Gasteiger partial charge on any atom is -0.504 e. The number of hydrogen-bond donors (Lipinski definition) is 3. The summed E-state index contributed by atoms with van der Waals surface area (Å²) in [7, 11) is 0. The predicted octanol–water partition coefficient (Wildman–Crippen LogP) is 2.71. The third-order valence-electron chi connectivity index (χ3n) is 3.94. The number of esters is 1. The van der Waals surface area contributed by atoms with Gasteiger partial charge in [0, 0.05) is 0 Å². The van der Waals surface area contributed by atoms with Gasteiger partial charge in [-0.1, -0.05) is 32.0 Å². The predicted molar refractivity (Wildman–Crippen MR) is 98.4 cm³/mol. The second kappa shape index (κ2) is 9.10. The highest BCUT2D eigenvalue weighted by Gasteiger charge is 2.16. The Morgan fingerprint density at radius 2 is 1.73 bits per heavy atom. The Labute approximate surface area is 153 Å². The molecular formula is C20H25NO5. The van der Waals surface area contributed by atoms with Crippen LogP contribution in [0.15, 0.2) is 42.5 Å². The van der Waals surface area contributed by atoms with Crippen molar-refractivity contribution in [2.24, 2.45) is 5.73 Å². The summed E-state index contributed by atoms with van der Waals surface area (Å²) in [5.41, 5.74) is 7.68. The van der Waals surface area contributed by atoms with Gasteiger partial charge in [-0.25, -0.2) is 0 Å². The molecule has 0 saturated carbocycles. The van der Waals surface area contributed by atoms with Gasteiger partial charge in [0.25, 0.3) is 0 Å². The van der Waals surface area contributed by atoms with Crippen molar-refractivity contribution < 1.29 is 24.5 Å². The summed E-state index contributed by atoms with van der Waals surface area (Å²) in [6, 6.07) is 11.2. The largest absolute Gasteiger partial charge is 0.504 e. The van der Waals surface area contributed by atoms with Crippen LogP contribution in [0, 0.1) is 0 Å². The summed E-state index contributed by atoms with van der Waals surface area (Å²) in [5, 5.41) is 18.7. The van der Waals surface area contributed by atoms with Crippen LogP contribution >= 0.6 is 0 Å². The zero-order valence-electron chi connectivity index (χ0n) is 15.0. The van der Waals surface area contributed by atoms with Crippen LogP contribution in [0.2, 0.25) is 0 Å². The van der Waals surface area contributed by atoms with E-state index >= 15 is 0 Å². The molecule has 0 aliphatic rings. The monoisotopic (exact) mass is 359 g/mol. The van der Waals surface area contributed by atoms with Gasteiger partial charge in [0.15, 0.2) is 11.5 Å². The lowest BCUT2D eigenvalue weighted by Gasteiger charge is -2.13. The van der Waals surface area contributed by atoms with E-state index in [2.05, 4.69) is 13.8 Å². The third-order valence-corrected chi connectivity index (χ3v) is 3.94. The van der Waals surface area contributed by atoms with Crippen molar-refractivity contribution in [3.05, 3.63) is 53.6 Å². The van der Waals surface area contributed by atoms with Crippen LogP contribution in [0.1, 0.15) is 30.9 Å². The second-order valence-corrected chi connectivity index (χ2v) is 6.37. The Morgan fingerprint density at radius 1 is 1.04 bits per heavy atom. The Morgan fingerprint density at radius 3 is 2.35 bits per heavy atom. The zero-order chi connectivity index (χ0) is 19.1. The van der Waals surface area contributed by atoms with Crippen LogP contribution in [0.4, 0.5) is 0 Å². The van der Waals surface area contributed by atoms with Gasteiger partial charge in [0.1, 0.15) is 25.0 Å². The topological polar surface area (TPSA) is 102 Å². The summed E-state index contributed by atoms with van der Waals surface area (Å²) >= 11 is 0. The first kappa shape index (κ1) is 19.6. The zero-order valence-corrected chi connectivity index (χ0v) is 15.0. The molecule has 0 unspecified atom stereocenters. The number of phenolic OH excluding ortho intramolecular Hbond substituents is 2. The fourth-order valence-corrected chi connectivity index (χ4v) is 2.39. The summed E-state index contributed by atoms with van der Waals surface area (Å²) in [6.07, 6.45) is 0.199. The van der Waals surface area contributed by atoms with Crippen LogP contribution in [-0.4, -0.2) is 35.4 Å². The molecule has 0 spiro atoms. The van der Waals surface area contributed by atoms with Crippen molar-refractivity contribution >= 4 is 5.97 Å². The van der Waals surface area contributed by atoms with E-state index in [9.17, 15) is 15.0 Å². The van der Waals surface area contributed by atoms with E-state index in [0.29, 0.717) is 17.2 Å². The fraction of sp³-hybridized carbons (Fsp3) is 0.350. The summed E-state index contributed by atoms with van der Waals surface area (Å²) in [5.74, 6) is 0.163. The van der Waals surface area contributed by atoms with E-state index in [0.717, 1.165) is 0 Å². The molecular weight excluding hydrogens is 334 g/mol. The lowest BCUT2D eigenvalue weighted by Crippen LogP contribution is -2.35. The Balaban J connectivity index is 1.72. The SMILES string of the molecule is CC(C)c1ccc(OCCOC(=O)[C@@H](N)Cc2ccc(O)c(O)c2)cc1.